The van der Waals surface area contributed by atoms with Gasteiger partial charge in [-0.3, -0.25) is 9.69 Å². The van der Waals surface area contributed by atoms with Crippen molar-refractivity contribution < 1.29 is 34.1 Å². The Morgan fingerprint density at radius 2 is 1.69 bits per heavy atom. The first-order valence-electron chi connectivity index (χ1n) is 11.3. The van der Waals surface area contributed by atoms with Gasteiger partial charge in [0.15, 0.2) is 11.5 Å². The first-order valence-corrected chi connectivity index (χ1v) is 12.2. The van der Waals surface area contributed by atoms with Gasteiger partial charge in [0.25, 0.3) is 0 Å². The van der Waals surface area contributed by atoms with Crippen LogP contribution >= 0.6 is 11.3 Å². The molecule has 0 radical (unpaired) electrons. The van der Waals surface area contributed by atoms with E-state index < -0.39 is 11.9 Å². The van der Waals surface area contributed by atoms with Gasteiger partial charge in [-0.05, 0) is 74.0 Å². The molecule has 1 aromatic carbocycles. The highest BCUT2D eigenvalue weighted by Crippen LogP contribution is 2.28. The van der Waals surface area contributed by atoms with E-state index in [0.29, 0.717) is 6.54 Å². The second-order valence-corrected chi connectivity index (χ2v) is 9.39. The molecule has 1 aromatic heterocycles. The molecular weight excluding hydrogens is 472 g/mol. The Bertz CT molecular complexity index is 987. The van der Waals surface area contributed by atoms with Crippen molar-refractivity contribution >= 4 is 29.2 Å². The van der Waals surface area contributed by atoms with Crippen LogP contribution in [0.2, 0.25) is 0 Å². The molecule has 2 aromatic rings. The average Bonchev–Trinajstić information content (AvgIpc) is 3.26. The summed E-state index contributed by atoms with van der Waals surface area (Å²) in [6.45, 7) is 5.90. The molecule has 0 unspecified atom stereocenters. The fourth-order valence-electron chi connectivity index (χ4n) is 3.86. The Morgan fingerprint density at radius 3 is 2.20 bits per heavy atom. The second-order valence-electron chi connectivity index (χ2n) is 8.39. The molecule has 2 N–H and O–H groups in total. The van der Waals surface area contributed by atoms with Crippen LogP contribution in [0, 0.1) is 12.8 Å². The molecule has 0 saturated carbocycles. The zero-order valence-electron chi connectivity index (χ0n) is 20.7. The van der Waals surface area contributed by atoms with Crippen LogP contribution in [-0.2, 0) is 27.3 Å². The second kappa shape index (κ2) is 13.7. The van der Waals surface area contributed by atoms with Crippen molar-refractivity contribution in [2.24, 2.45) is 5.92 Å². The minimum atomic E-state index is -1.82. The van der Waals surface area contributed by atoms with Crippen LogP contribution in [0.4, 0.5) is 0 Å². The van der Waals surface area contributed by atoms with E-state index in [9.17, 15) is 4.79 Å². The molecule has 0 aliphatic carbocycles. The highest BCUT2D eigenvalue weighted by molar-refractivity contribution is 7.10. The van der Waals surface area contributed by atoms with Crippen molar-refractivity contribution in [2.75, 3.05) is 40.9 Å². The molecule has 35 heavy (non-hydrogen) atoms. The molecule has 1 aliphatic rings. The number of piperidine rings is 1. The zero-order valence-corrected chi connectivity index (χ0v) is 21.5. The summed E-state index contributed by atoms with van der Waals surface area (Å²) in [4.78, 5) is 36.9. The number of likely N-dealkylation sites (tertiary alicyclic amines) is 1. The van der Waals surface area contributed by atoms with Gasteiger partial charge >= 0.3 is 11.9 Å². The number of thiophene rings is 1. The van der Waals surface area contributed by atoms with Crippen LogP contribution in [0.15, 0.2) is 29.6 Å². The summed E-state index contributed by atoms with van der Waals surface area (Å²) in [5, 5.41) is 16.9. The van der Waals surface area contributed by atoms with Gasteiger partial charge in [0.1, 0.15) is 0 Å². The number of hydrogen-bond donors (Lipinski definition) is 2. The summed E-state index contributed by atoms with van der Waals surface area (Å²) in [5.41, 5.74) is 2.52. The highest BCUT2D eigenvalue weighted by atomic mass is 32.1. The Hall–Kier alpha value is -3.11. The fraction of sp³-hybridized carbons (Fsp3) is 0.480. The topological polar surface area (TPSA) is 117 Å². The van der Waals surface area contributed by atoms with Gasteiger partial charge in [-0.15, -0.1) is 11.3 Å². The number of hydrogen-bond acceptors (Lipinski definition) is 7. The Kier molecular flexibility index (Phi) is 11.0. The molecule has 2 heterocycles. The third kappa shape index (κ3) is 8.56. The maximum atomic E-state index is 12.9. The quantitative estimate of drug-likeness (QED) is 0.525. The van der Waals surface area contributed by atoms with Crippen LogP contribution in [-0.4, -0.2) is 78.8 Å². The molecule has 1 amide bonds. The van der Waals surface area contributed by atoms with Gasteiger partial charge < -0.3 is 24.6 Å². The minimum absolute atomic E-state index is 0.145. The first-order chi connectivity index (χ1) is 16.7. The number of nitrogens with zero attached hydrogens (tertiary/aromatic N) is 2. The maximum Gasteiger partial charge on any atom is 0.414 e. The van der Waals surface area contributed by atoms with Gasteiger partial charge in [-0.2, -0.15) is 0 Å². The minimum Gasteiger partial charge on any atom is -0.493 e. The molecule has 1 fully saturated rings. The molecule has 1 aliphatic heterocycles. The van der Waals surface area contributed by atoms with Crippen molar-refractivity contribution in [3.05, 3.63) is 45.6 Å². The molecule has 1 saturated heterocycles. The van der Waals surface area contributed by atoms with E-state index in [1.807, 2.05) is 41.5 Å². The van der Waals surface area contributed by atoms with E-state index in [1.165, 1.54) is 10.4 Å². The molecule has 10 heteroatoms. The normalized spacial score (nSPS) is 13.9. The molecular formula is C25H34N2O7S. The highest BCUT2D eigenvalue weighted by Gasteiger charge is 2.27. The zero-order chi connectivity index (χ0) is 26.0. The van der Waals surface area contributed by atoms with Gasteiger partial charge in [0.05, 0.1) is 14.2 Å². The predicted molar refractivity (Wildman–Crippen MR) is 133 cm³/mol. The third-order valence-electron chi connectivity index (χ3n) is 6.02. The summed E-state index contributed by atoms with van der Waals surface area (Å²) in [6.07, 6.45) is 2.70. The number of rotatable bonds is 8. The van der Waals surface area contributed by atoms with Crippen molar-refractivity contribution in [1.29, 1.82) is 0 Å². The van der Waals surface area contributed by atoms with Gasteiger partial charge in [0, 0.05) is 30.9 Å². The lowest BCUT2D eigenvalue weighted by Gasteiger charge is -2.33. The molecule has 0 atom stereocenters. The standard InChI is InChI=1S/C23H32N2O3S.C2H2O4/c1-17-10-14-29-22(17)16-25-12-8-19(9-13-25)23(26)24(2)11-7-18-5-6-20(27-3)21(15-18)28-4;3-1(4)2(5)6/h5-6,10,14-15,19H,7-9,11-13,16H2,1-4H3;(H,3,4)(H,5,6). The van der Waals surface area contributed by atoms with E-state index >= 15 is 0 Å². The smallest absolute Gasteiger partial charge is 0.414 e. The first kappa shape index (κ1) is 28.1. The number of amides is 1. The average molecular weight is 507 g/mol. The molecule has 3 rings (SSSR count). The number of ether oxygens (including phenoxy) is 2. The van der Waals surface area contributed by atoms with E-state index in [2.05, 4.69) is 23.3 Å². The number of carbonyl (C=O) groups excluding carboxylic acids is 1. The fourth-order valence-corrected chi connectivity index (χ4v) is 4.81. The largest absolute Gasteiger partial charge is 0.493 e. The monoisotopic (exact) mass is 506 g/mol. The number of carbonyl (C=O) groups is 3. The number of benzene rings is 1. The summed E-state index contributed by atoms with van der Waals surface area (Å²) in [5.74, 6) is -1.77. The molecule has 0 spiro atoms. The van der Waals surface area contributed by atoms with Crippen LogP contribution in [0.25, 0.3) is 0 Å². The van der Waals surface area contributed by atoms with E-state index in [0.717, 1.165) is 56.0 Å². The summed E-state index contributed by atoms with van der Waals surface area (Å²) < 4.78 is 10.7. The lowest BCUT2D eigenvalue weighted by Crippen LogP contribution is -2.41. The lowest BCUT2D eigenvalue weighted by atomic mass is 9.95. The van der Waals surface area contributed by atoms with Gasteiger partial charge in [-0.1, -0.05) is 6.07 Å². The number of aryl methyl sites for hydroxylation is 1. The van der Waals surface area contributed by atoms with Gasteiger partial charge in [-0.25, -0.2) is 9.59 Å². The number of methoxy groups -OCH3 is 2. The summed E-state index contributed by atoms with van der Waals surface area (Å²) in [7, 11) is 5.20. The van der Waals surface area contributed by atoms with Crippen molar-refractivity contribution in [3.8, 4) is 11.5 Å². The third-order valence-corrected chi connectivity index (χ3v) is 7.02. The van der Waals surface area contributed by atoms with E-state index in [1.54, 1.807) is 14.2 Å². The number of aliphatic carboxylic acids is 2. The Labute approximate surface area is 209 Å². The van der Waals surface area contributed by atoms with Crippen molar-refractivity contribution in [3.63, 3.8) is 0 Å². The van der Waals surface area contributed by atoms with E-state index in [4.69, 9.17) is 29.3 Å². The van der Waals surface area contributed by atoms with E-state index in [-0.39, 0.29) is 11.8 Å². The maximum absolute atomic E-state index is 12.9. The number of carboxylic acids is 2. The molecule has 9 nitrogen and oxygen atoms in total. The van der Waals surface area contributed by atoms with Crippen LogP contribution < -0.4 is 9.47 Å². The number of carboxylic acid groups (broad SMARTS) is 2. The summed E-state index contributed by atoms with van der Waals surface area (Å²) in [6, 6.07) is 8.12. The van der Waals surface area contributed by atoms with Crippen molar-refractivity contribution in [1.82, 2.24) is 9.80 Å². The van der Waals surface area contributed by atoms with Crippen LogP contribution in [0.3, 0.4) is 0 Å². The molecule has 192 valence electrons. The predicted octanol–water partition coefficient (Wildman–Crippen LogP) is 3.14. The van der Waals surface area contributed by atoms with Crippen molar-refractivity contribution in [2.45, 2.75) is 32.7 Å². The Morgan fingerprint density at radius 1 is 1.06 bits per heavy atom. The SMILES string of the molecule is COc1ccc(CCN(C)C(=O)C2CCN(Cc3sccc3C)CC2)cc1OC.O=C(O)C(=O)O. The summed E-state index contributed by atoms with van der Waals surface area (Å²) >= 11 is 1.83. The van der Waals surface area contributed by atoms with Crippen LogP contribution in [0.5, 0.6) is 11.5 Å². The Balaban J connectivity index is 0.000000641. The number of likely N-dealkylation sites (N-methyl/N-ethyl adjacent to an activating group) is 1. The van der Waals surface area contributed by atoms with Gasteiger partial charge in [0.2, 0.25) is 5.91 Å². The molecule has 0 bridgehead atoms. The van der Waals surface area contributed by atoms with Crippen LogP contribution in [0.1, 0.15) is 28.8 Å². The lowest BCUT2D eigenvalue weighted by molar-refractivity contribution is -0.159.